The van der Waals surface area contributed by atoms with E-state index in [1.807, 2.05) is 30.3 Å². The van der Waals surface area contributed by atoms with Crippen molar-refractivity contribution < 1.29 is 22.7 Å². The molecule has 0 unspecified atom stereocenters. The zero-order valence-electron chi connectivity index (χ0n) is 15.1. The van der Waals surface area contributed by atoms with Gasteiger partial charge in [0.2, 0.25) is 0 Å². The Morgan fingerprint density at radius 3 is 2.26 bits per heavy atom. The summed E-state index contributed by atoms with van der Waals surface area (Å²) in [7, 11) is 0. The van der Waals surface area contributed by atoms with Gasteiger partial charge in [0.15, 0.2) is 0 Å². The molecule has 0 aliphatic carbocycles. The summed E-state index contributed by atoms with van der Waals surface area (Å²) in [5.41, 5.74) is -1.27. The monoisotopic (exact) mass is 377 g/mol. The number of rotatable bonds is 5. The van der Waals surface area contributed by atoms with E-state index in [1.54, 1.807) is 30.0 Å². The molecule has 27 heavy (non-hydrogen) atoms. The van der Waals surface area contributed by atoms with Gasteiger partial charge in [-0.05, 0) is 18.1 Å². The largest absolute Gasteiger partial charge is 0.466 e. The van der Waals surface area contributed by atoms with E-state index in [4.69, 9.17) is 4.74 Å². The van der Waals surface area contributed by atoms with Gasteiger partial charge in [-0.2, -0.15) is 13.2 Å². The number of alkyl halides is 3. The van der Waals surface area contributed by atoms with Crippen molar-refractivity contribution in [1.82, 2.24) is 4.90 Å². The molecule has 0 amide bonds. The van der Waals surface area contributed by atoms with Gasteiger partial charge in [0.05, 0.1) is 12.5 Å². The molecular formula is C21H22F3NO2. The number of carbonyl (C=O) groups is 1. The fourth-order valence-corrected chi connectivity index (χ4v) is 3.90. The van der Waals surface area contributed by atoms with Crippen LogP contribution in [-0.4, -0.2) is 36.7 Å². The van der Waals surface area contributed by atoms with Gasteiger partial charge in [-0.25, -0.2) is 0 Å². The quantitative estimate of drug-likeness (QED) is 0.732. The third-order valence-electron chi connectivity index (χ3n) is 5.12. The van der Waals surface area contributed by atoms with Crippen LogP contribution in [0.15, 0.2) is 60.7 Å². The summed E-state index contributed by atoms with van der Waals surface area (Å²) >= 11 is 0. The van der Waals surface area contributed by atoms with Crippen molar-refractivity contribution in [2.75, 3.05) is 19.7 Å². The van der Waals surface area contributed by atoms with Crippen molar-refractivity contribution in [3.05, 3.63) is 71.8 Å². The lowest BCUT2D eigenvalue weighted by Gasteiger charge is -2.36. The molecule has 0 aromatic heterocycles. The first-order valence-corrected chi connectivity index (χ1v) is 8.93. The number of benzene rings is 2. The third-order valence-corrected chi connectivity index (χ3v) is 5.12. The number of halogens is 3. The second-order valence-corrected chi connectivity index (χ2v) is 6.79. The van der Waals surface area contributed by atoms with Crippen LogP contribution in [0.25, 0.3) is 0 Å². The van der Waals surface area contributed by atoms with Crippen molar-refractivity contribution in [3.8, 4) is 0 Å². The van der Waals surface area contributed by atoms with Gasteiger partial charge in [0, 0.05) is 19.6 Å². The van der Waals surface area contributed by atoms with E-state index in [0.717, 1.165) is 5.56 Å². The molecule has 0 radical (unpaired) electrons. The fourth-order valence-electron chi connectivity index (χ4n) is 3.90. The van der Waals surface area contributed by atoms with Gasteiger partial charge in [0.25, 0.3) is 0 Å². The van der Waals surface area contributed by atoms with Crippen LogP contribution in [0.5, 0.6) is 0 Å². The normalized spacial score (nSPS) is 23.3. The van der Waals surface area contributed by atoms with E-state index in [1.165, 1.54) is 12.1 Å². The van der Waals surface area contributed by atoms with Crippen molar-refractivity contribution in [2.45, 2.75) is 25.1 Å². The highest BCUT2D eigenvalue weighted by Gasteiger charge is 2.66. The van der Waals surface area contributed by atoms with E-state index < -0.39 is 23.5 Å². The molecule has 1 heterocycles. The Labute approximate surface area is 156 Å². The van der Waals surface area contributed by atoms with E-state index in [9.17, 15) is 18.0 Å². The molecule has 144 valence electrons. The molecule has 2 aromatic rings. The van der Waals surface area contributed by atoms with Gasteiger partial charge in [-0.15, -0.1) is 0 Å². The molecule has 3 nitrogen and oxygen atoms in total. The number of carbonyl (C=O) groups excluding carboxylic acids is 1. The van der Waals surface area contributed by atoms with E-state index >= 15 is 0 Å². The van der Waals surface area contributed by atoms with Crippen molar-refractivity contribution in [3.63, 3.8) is 0 Å². The van der Waals surface area contributed by atoms with Crippen LogP contribution in [0.1, 0.15) is 18.1 Å². The van der Waals surface area contributed by atoms with E-state index in [0.29, 0.717) is 6.54 Å². The average Bonchev–Trinajstić information content (AvgIpc) is 3.04. The van der Waals surface area contributed by atoms with Crippen LogP contribution in [0.2, 0.25) is 0 Å². The number of nitrogens with zero attached hydrogens (tertiary/aromatic N) is 1. The van der Waals surface area contributed by atoms with Gasteiger partial charge in [-0.1, -0.05) is 60.7 Å². The van der Waals surface area contributed by atoms with Gasteiger partial charge < -0.3 is 4.74 Å². The molecular weight excluding hydrogens is 355 g/mol. The maximum Gasteiger partial charge on any atom is 0.400 e. The maximum absolute atomic E-state index is 14.4. The maximum atomic E-state index is 14.4. The minimum absolute atomic E-state index is 0.00211. The highest BCUT2D eigenvalue weighted by molar-refractivity contribution is 5.76. The minimum atomic E-state index is -4.59. The van der Waals surface area contributed by atoms with Crippen LogP contribution < -0.4 is 0 Å². The molecule has 6 heteroatoms. The standard InChI is InChI=1S/C21H22F3NO2/c1-2-27-19(26)18-14-25(13-16-9-5-3-6-10-16)15-20(18,21(22,23)24)17-11-7-4-8-12-17/h3-12,18H,2,13-15H2,1H3/t18-,20-/m0/s1. The Hall–Kier alpha value is -2.34. The molecule has 0 saturated carbocycles. The predicted molar refractivity (Wildman–Crippen MR) is 96.0 cm³/mol. The second kappa shape index (κ2) is 7.72. The summed E-state index contributed by atoms with van der Waals surface area (Å²) < 4.78 is 48.3. The molecule has 0 spiro atoms. The first-order chi connectivity index (χ1) is 12.9. The molecule has 1 fully saturated rings. The minimum Gasteiger partial charge on any atom is -0.466 e. The summed E-state index contributed by atoms with van der Waals surface area (Å²) in [4.78, 5) is 14.2. The molecule has 0 N–H and O–H groups in total. The van der Waals surface area contributed by atoms with Gasteiger partial charge in [-0.3, -0.25) is 9.69 Å². The lowest BCUT2D eigenvalue weighted by atomic mass is 9.71. The third kappa shape index (κ3) is 3.72. The first kappa shape index (κ1) is 19.4. The van der Waals surface area contributed by atoms with Crippen LogP contribution in [0.3, 0.4) is 0 Å². The smallest absolute Gasteiger partial charge is 0.400 e. The fraction of sp³-hybridized carbons (Fsp3) is 0.381. The van der Waals surface area contributed by atoms with Crippen molar-refractivity contribution in [1.29, 1.82) is 0 Å². The summed E-state index contributed by atoms with van der Waals surface area (Å²) in [5, 5.41) is 0. The second-order valence-electron chi connectivity index (χ2n) is 6.79. The van der Waals surface area contributed by atoms with E-state index in [2.05, 4.69) is 0 Å². The summed E-state index contributed by atoms with van der Waals surface area (Å²) in [5.74, 6) is -2.10. The van der Waals surface area contributed by atoms with Gasteiger partial charge >= 0.3 is 12.1 Å². The number of hydrogen-bond acceptors (Lipinski definition) is 3. The average molecular weight is 377 g/mol. The zero-order valence-corrected chi connectivity index (χ0v) is 15.1. The molecule has 2 atom stereocenters. The predicted octanol–water partition coefficient (Wildman–Crippen LogP) is 4.18. The first-order valence-electron chi connectivity index (χ1n) is 8.93. The summed E-state index contributed by atoms with van der Waals surface area (Å²) in [6, 6.07) is 17.0. The van der Waals surface area contributed by atoms with Gasteiger partial charge in [0.1, 0.15) is 5.41 Å². The molecule has 2 aromatic carbocycles. The lowest BCUT2D eigenvalue weighted by Crippen LogP contribution is -2.51. The van der Waals surface area contributed by atoms with Crippen molar-refractivity contribution in [2.24, 2.45) is 5.92 Å². The van der Waals surface area contributed by atoms with E-state index in [-0.39, 0.29) is 25.3 Å². The number of esters is 1. The molecule has 0 bridgehead atoms. The van der Waals surface area contributed by atoms with Crippen LogP contribution in [0, 0.1) is 5.92 Å². The Balaban J connectivity index is 2.02. The SMILES string of the molecule is CCOC(=O)[C@@H]1CN(Cc2ccccc2)C[C@@]1(c1ccccc1)C(F)(F)F. The highest BCUT2D eigenvalue weighted by atomic mass is 19.4. The number of ether oxygens (including phenoxy) is 1. The summed E-state index contributed by atoms with van der Waals surface area (Å²) in [6.07, 6.45) is -4.59. The molecule has 3 rings (SSSR count). The Bertz CT molecular complexity index is 764. The molecule has 1 saturated heterocycles. The Morgan fingerprint density at radius 2 is 1.70 bits per heavy atom. The molecule has 1 aliphatic rings. The number of hydrogen-bond donors (Lipinski definition) is 0. The number of likely N-dealkylation sites (tertiary alicyclic amines) is 1. The Kier molecular flexibility index (Phi) is 5.56. The topological polar surface area (TPSA) is 29.5 Å². The van der Waals surface area contributed by atoms with Crippen LogP contribution >= 0.6 is 0 Å². The lowest BCUT2D eigenvalue weighted by molar-refractivity contribution is -0.205. The Morgan fingerprint density at radius 1 is 1.11 bits per heavy atom. The molecule has 1 aliphatic heterocycles. The van der Waals surface area contributed by atoms with Crippen LogP contribution in [0.4, 0.5) is 13.2 Å². The van der Waals surface area contributed by atoms with Crippen LogP contribution in [-0.2, 0) is 21.5 Å². The van der Waals surface area contributed by atoms with Crippen molar-refractivity contribution >= 4 is 5.97 Å². The zero-order chi connectivity index (χ0) is 19.5. The highest BCUT2D eigenvalue weighted by Crippen LogP contribution is 2.51. The summed E-state index contributed by atoms with van der Waals surface area (Å²) in [6.45, 7) is 1.73.